The van der Waals surface area contributed by atoms with Crippen molar-refractivity contribution in [2.24, 2.45) is 10.3 Å². The first-order valence-corrected chi connectivity index (χ1v) is 14.9. The topological polar surface area (TPSA) is 184 Å². The first-order chi connectivity index (χ1) is 18.7. The van der Waals surface area contributed by atoms with E-state index in [1.165, 1.54) is 4.90 Å². The van der Waals surface area contributed by atoms with Crippen molar-refractivity contribution in [1.82, 2.24) is 0 Å². The zero-order chi connectivity index (χ0) is 29.4. The second kappa shape index (κ2) is 11.0. The van der Waals surface area contributed by atoms with E-state index in [1.54, 1.807) is 60.7 Å². The zero-order valence-electron chi connectivity index (χ0n) is 20.1. The minimum absolute atomic E-state index is 0.323. The maximum absolute atomic E-state index is 14.4. The van der Waals surface area contributed by atoms with Gasteiger partial charge in [-0.2, -0.15) is 0 Å². The summed E-state index contributed by atoms with van der Waals surface area (Å²) in [6, 6.07) is 19.7. The maximum Gasteiger partial charge on any atom is 0.338 e. The lowest BCUT2D eigenvalue weighted by molar-refractivity contribution is 0.255. The Morgan fingerprint density at radius 3 is 1.27 bits per heavy atom. The number of carbonyl (C=O) groups excluding carboxylic acids is 1. The standard InChI is InChI=1S/C25H20Cl2N4O7S2/c26-17-11-13-19(21(32)23(17)39(28,35)36)31(20-14-12-18(27)24(22(20)33)40(29,37)38)25(34)30(15-7-3-1-4-8-15)16-9-5-2-6-10-16/h1-14,32-33H,(H2,28,35,36)(H2,29,37,38). The fourth-order valence-electron chi connectivity index (χ4n) is 3.93. The molecule has 0 aliphatic carbocycles. The Bertz CT molecular complexity index is 1700. The van der Waals surface area contributed by atoms with Crippen LogP contribution in [0, 0.1) is 0 Å². The van der Waals surface area contributed by atoms with E-state index < -0.39 is 68.8 Å². The van der Waals surface area contributed by atoms with Crippen LogP contribution in [0.5, 0.6) is 11.5 Å². The molecule has 0 saturated heterocycles. The number of aromatic hydroxyl groups is 2. The van der Waals surface area contributed by atoms with E-state index in [0.29, 0.717) is 16.3 Å². The number of amides is 2. The van der Waals surface area contributed by atoms with E-state index in [9.17, 15) is 31.8 Å². The summed E-state index contributed by atoms with van der Waals surface area (Å²) in [6.07, 6.45) is 0. The van der Waals surface area contributed by atoms with E-state index >= 15 is 0 Å². The molecule has 6 N–H and O–H groups in total. The molecule has 208 valence electrons. The number of halogens is 2. The van der Waals surface area contributed by atoms with Gasteiger partial charge in [0.1, 0.15) is 9.79 Å². The Hall–Kier alpha value is -3.85. The number of benzene rings is 4. The van der Waals surface area contributed by atoms with Crippen molar-refractivity contribution in [1.29, 1.82) is 0 Å². The van der Waals surface area contributed by atoms with E-state index in [2.05, 4.69) is 0 Å². The Kier molecular flexibility index (Phi) is 7.99. The van der Waals surface area contributed by atoms with Gasteiger partial charge in [0, 0.05) is 0 Å². The Balaban J connectivity index is 2.10. The highest BCUT2D eigenvalue weighted by molar-refractivity contribution is 7.89. The van der Waals surface area contributed by atoms with Crippen LogP contribution in [0.2, 0.25) is 10.0 Å². The maximum atomic E-state index is 14.4. The zero-order valence-corrected chi connectivity index (χ0v) is 23.3. The quantitative estimate of drug-likeness (QED) is 0.238. The Labute approximate surface area is 239 Å². The monoisotopic (exact) mass is 622 g/mol. The molecule has 0 aliphatic heterocycles. The van der Waals surface area contributed by atoms with Crippen molar-refractivity contribution in [3.05, 3.63) is 95.0 Å². The van der Waals surface area contributed by atoms with Crippen molar-refractivity contribution in [3.8, 4) is 11.5 Å². The number of urea groups is 1. The lowest BCUT2D eigenvalue weighted by Crippen LogP contribution is -2.38. The van der Waals surface area contributed by atoms with Crippen LogP contribution in [-0.2, 0) is 20.0 Å². The van der Waals surface area contributed by atoms with Crippen LogP contribution >= 0.6 is 23.2 Å². The van der Waals surface area contributed by atoms with Crippen molar-refractivity contribution >= 4 is 72.0 Å². The van der Waals surface area contributed by atoms with Crippen LogP contribution in [0.4, 0.5) is 27.5 Å². The van der Waals surface area contributed by atoms with Gasteiger partial charge in [0.15, 0.2) is 11.5 Å². The molecule has 0 aliphatic rings. The molecule has 0 atom stereocenters. The summed E-state index contributed by atoms with van der Waals surface area (Å²) in [5.74, 6) is -2.09. The van der Waals surface area contributed by atoms with Gasteiger partial charge in [-0.3, -0.25) is 9.80 Å². The summed E-state index contributed by atoms with van der Waals surface area (Å²) in [6.45, 7) is 0. The number of sulfonamides is 2. The third-order valence-corrected chi connectivity index (χ3v) is 8.41. The van der Waals surface area contributed by atoms with Crippen molar-refractivity contribution < 1.29 is 31.8 Å². The van der Waals surface area contributed by atoms with Crippen LogP contribution < -0.4 is 20.1 Å². The molecule has 0 unspecified atom stereocenters. The number of hydrogen-bond donors (Lipinski definition) is 4. The van der Waals surface area contributed by atoms with Gasteiger partial charge in [-0.1, -0.05) is 59.6 Å². The molecule has 11 nitrogen and oxygen atoms in total. The largest absolute Gasteiger partial charge is 0.504 e. The van der Waals surface area contributed by atoms with Crippen molar-refractivity contribution in [3.63, 3.8) is 0 Å². The lowest BCUT2D eigenvalue weighted by Gasteiger charge is -2.32. The van der Waals surface area contributed by atoms with Gasteiger partial charge < -0.3 is 10.2 Å². The molecule has 15 heteroatoms. The van der Waals surface area contributed by atoms with Crippen LogP contribution in [-0.4, -0.2) is 33.1 Å². The molecule has 0 heterocycles. The molecule has 40 heavy (non-hydrogen) atoms. The van der Waals surface area contributed by atoms with Crippen molar-refractivity contribution in [2.75, 3.05) is 9.80 Å². The minimum Gasteiger partial charge on any atom is -0.504 e. The highest BCUT2D eigenvalue weighted by atomic mass is 35.5. The number of rotatable bonds is 6. The average Bonchev–Trinajstić information content (AvgIpc) is 2.86. The van der Waals surface area contributed by atoms with Gasteiger partial charge in [0.2, 0.25) is 20.0 Å². The summed E-state index contributed by atoms with van der Waals surface area (Å²) >= 11 is 12.0. The summed E-state index contributed by atoms with van der Waals surface area (Å²) in [5, 5.41) is 31.8. The number of para-hydroxylation sites is 2. The molecule has 4 rings (SSSR count). The molecular formula is C25H20Cl2N4O7S2. The van der Waals surface area contributed by atoms with Gasteiger partial charge in [-0.15, -0.1) is 0 Å². The van der Waals surface area contributed by atoms with Crippen molar-refractivity contribution in [2.45, 2.75) is 9.79 Å². The van der Waals surface area contributed by atoms with Gasteiger partial charge in [0.05, 0.1) is 32.8 Å². The van der Waals surface area contributed by atoms with Gasteiger partial charge in [-0.05, 0) is 48.5 Å². The molecule has 2 amide bonds. The number of anilines is 4. The molecule has 0 radical (unpaired) electrons. The average molecular weight is 623 g/mol. The van der Waals surface area contributed by atoms with E-state index in [4.69, 9.17) is 33.5 Å². The first kappa shape index (κ1) is 29.1. The molecule has 0 fully saturated rings. The minimum atomic E-state index is -4.63. The number of nitrogens with zero attached hydrogens (tertiary/aromatic N) is 2. The third-order valence-electron chi connectivity index (χ3n) is 5.59. The first-order valence-electron chi connectivity index (χ1n) is 11.1. The van der Waals surface area contributed by atoms with Gasteiger partial charge >= 0.3 is 6.03 Å². The number of phenolic OH excluding ortho intramolecular Hbond substituents is 2. The molecule has 0 saturated carbocycles. The van der Waals surface area contributed by atoms with Crippen LogP contribution in [0.25, 0.3) is 0 Å². The smallest absolute Gasteiger partial charge is 0.338 e. The molecular weight excluding hydrogens is 603 g/mol. The highest BCUT2D eigenvalue weighted by Crippen LogP contribution is 2.47. The fraction of sp³-hybridized carbons (Fsp3) is 0. The SMILES string of the molecule is NS(=O)(=O)c1c(Cl)ccc(N(C(=O)N(c2ccccc2)c2ccccc2)c2ccc(Cl)c(S(N)(=O)=O)c2O)c1O. The Morgan fingerprint density at radius 2 is 0.950 bits per heavy atom. The summed E-state index contributed by atoms with van der Waals surface area (Å²) in [5.41, 5.74) is -0.394. The molecule has 4 aromatic carbocycles. The third kappa shape index (κ3) is 5.56. The molecule has 0 spiro atoms. The second-order valence-corrected chi connectivity index (χ2v) is 12.0. The molecule has 0 aromatic heterocycles. The molecule has 0 bridgehead atoms. The summed E-state index contributed by atoms with van der Waals surface area (Å²) < 4.78 is 49.1. The second-order valence-electron chi connectivity index (χ2n) is 8.20. The number of nitrogens with two attached hydrogens (primary N) is 2. The fourth-order valence-corrected chi connectivity index (χ4v) is 6.31. The predicted molar refractivity (Wildman–Crippen MR) is 152 cm³/mol. The van der Waals surface area contributed by atoms with Gasteiger partial charge in [0.25, 0.3) is 0 Å². The van der Waals surface area contributed by atoms with E-state index in [0.717, 1.165) is 24.3 Å². The molecule has 4 aromatic rings. The summed E-state index contributed by atoms with van der Waals surface area (Å²) in [4.78, 5) is 14.5. The summed E-state index contributed by atoms with van der Waals surface area (Å²) in [7, 11) is -9.27. The lowest BCUT2D eigenvalue weighted by atomic mass is 10.2. The number of carbonyl (C=O) groups is 1. The predicted octanol–water partition coefficient (Wildman–Crippen LogP) is 4.80. The number of primary sulfonamides is 2. The van der Waals surface area contributed by atoms with Crippen LogP contribution in [0.15, 0.2) is 94.7 Å². The Morgan fingerprint density at radius 1 is 0.600 bits per heavy atom. The van der Waals surface area contributed by atoms with E-state index in [1.807, 2.05) is 0 Å². The van der Waals surface area contributed by atoms with Crippen LogP contribution in [0.1, 0.15) is 0 Å². The van der Waals surface area contributed by atoms with E-state index in [-0.39, 0.29) is 0 Å². The number of phenols is 2. The number of hydrogen-bond acceptors (Lipinski definition) is 7. The highest BCUT2D eigenvalue weighted by Gasteiger charge is 2.35. The van der Waals surface area contributed by atoms with Crippen LogP contribution in [0.3, 0.4) is 0 Å². The van der Waals surface area contributed by atoms with Gasteiger partial charge in [-0.25, -0.2) is 31.9 Å². The normalized spacial score (nSPS) is 11.7.